The fourth-order valence-electron chi connectivity index (χ4n) is 3.64. The van der Waals surface area contributed by atoms with Crippen molar-refractivity contribution in [2.24, 2.45) is 0 Å². The number of hydrogen-bond acceptors (Lipinski definition) is 4. The van der Waals surface area contributed by atoms with Crippen molar-refractivity contribution in [2.45, 2.75) is 0 Å². The van der Waals surface area contributed by atoms with E-state index >= 15 is 0 Å². The lowest BCUT2D eigenvalue weighted by molar-refractivity contribution is 0.413. The van der Waals surface area contributed by atoms with Gasteiger partial charge in [0.25, 0.3) is 0 Å². The van der Waals surface area contributed by atoms with Gasteiger partial charge in [-0.25, -0.2) is 0 Å². The monoisotopic (exact) mass is 344 g/mol. The first-order chi connectivity index (χ1) is 12.7. The molecule has 0 heterocycles. The quantitative estimate of drug-likeness (QED) is 0.522. The van der Waals surface area contributed by atoms with Crippen LogP contribution in [-0.2, 0) is 0 Å². The smallest absolute Gasteiger partial charge is 0.150 e. The maximum Gasteiger partial charge on any atom is 0.150 e. The number of nitrogen functional groups attached to an aromatic ring is 2. The molecule has 4 heteroatoms. The van der Waals surface area contributed by atoms with Gasteiger partial charge in [-0.05, 0) is 33.7 Å². The van der Waals surface area contributed by atoms with Crippen LogP contribution in [0.25, 0.3) is 32.7 Å². The zero-order valence-electron chi connectivity index (χ0n) is 14.7. The van der Waals surface area contributed by atoms with Crippen LogP contribution >= 0.6 is 0 Å². The summed E-state index contributed by atoms with van der Waals surface area (Å²) in [7, 11) is 3.26. The number of methoxy groups -OCH3 is 2. The van der Waals surface area contributed by atoms with E-state index in [1.807, 2.05) is 48.5 Å². The standard InChI is InChI=1S/C22H20N2O2/c1-25-21-17(23)11-13-7-3-5-9-15(13)19(21)20-16-10-6-4-8-14(16)12-18(24)22(20)26-2/h3-12H,23-24H2,1-2H3. The van der Waals surface area contributed by atoms with E-state index < -0.39 is 0 Å². The molecule has 0 aliphatic rings. The molecule has 0 fully saturated rings. The highest BCUT2D eigenvalue weighted by Gasteiger charge is 2.22. The molecule has 4 N–H and O–H groups in total. The second-order valence-corrected chi connectivity index (χ2v) is 6.19. The Bertz CT molecular complexity index is 1040. The molecule has 0 radical (unpaired) electrons. The van der Waals surface area contributed by atoms with Crippen molar-refractivity contribution in [3.63, 3.8) is 0 Å². The van der Waals surface area contributed by atoms with Crippen molar-refractivity contribution >= 4 is 32.9 Å². The van der Waals surface area contributed by atoms with Gasteiger partial charge in [-0.2, -0.15) is 0 Å². The van der Waals surface area contributed by atoms with E-state index in [1.165, 1.54) is 0 Å². The first kappa shape index (κ1) is 16.1. The predicted octanol–water partition coefficient (Wildman–Crippen LogP) is 4.84. The summed E-state index contributed by atoms with van der Waals surface area (Å²) >= 11 is 0. The zero-order chi connectivity index (χ0) is 18.3. The Balaban J connectivity index is 2.27. The number of hydrogen-bond donors (Lipinski definition) is 2. The number of ether oxygens (including phenoxy) is 2. The summed E-state index contributed by atoms with van der Waals surface area (Å²) < 4.78 is 11.4. The first-order valence-corrected chi connectivity index (χ1v) is 8.36. The molecule has 0 saturated heterocycles. The Kier molecular flexibility index (Phi) is 3.81. The van der Waals surface area contributed by atoms with Crippen LogP contribution in [0, 0.1) is 0 Å². The third-order valence-corrected chi connectivity index (χ3v) is 4.72. The van der Waals surface area contributed by atoms with Gasteiger partial charge in [-0.15, -0.1) is 0 Å². The molecule has 0 aliphatic heterocycles. The predicted molar refractivity (Wildman–Crippen MR) is 109 cm³/mol. The highest BCUT2D eigenvalue weighted by atomic mass is 16.5. The summed E-state index contributed by atoms with van der Waals surface area (Å²) in [6.07, 6.45) is 0. The second-order valence-electron chi connectivity index (χ2n) is 6.19. The van der Waals surface area contributed by atoms with Gasteiger partial charge in [-0.1, -0.05) is 48.5 Å². The van der Waals surface area contributed by atoms with Crippen LogP contribution in [0.5, 0.6) is 11.5 Å². The van der Waals surface area contributed by atoms with E-state index in [4.69, 9.17) is 20.9 Å². The van der Waals surface area contributed by atoms with Crippen LogP contribution in [0.2, 0.25) is 0 Å². The van der Waals surface area contributed by atoms with E-state index in [0.717, 1.165) is 32.7 Å². The van der Waals surface area contributed by atoms with Crippen LogP contribution in [0.4, 0.5) is 11.4 Å². The molecule has 0 aliphatic carbocycles. The van der Waals surface area contributed by atoms with Gasteiger partial charge >= 0.3 is 0 Å². The van der Waals surface area contributed by atoms with Crippen LogP contribution < -0.4 is 20.9 Å². The number of anilines is 2. The maximum atomic E-state index is 6.31. The van der Waals surface area contributed by atoms with Crippen molar-refractivity contribution in [1.82, 2.24) is 0 Å². The maximum absolute atomic E-state index is 6.31. The molecule has 4 aromatic rings. The number of rotatable bonds is 3. The summed E-state index contributed by atoms with van der Waals surface area (Å²) in [5, 5.41) is 4.14. The molecule has 0 saturated carbocycles. The highest BCUT2D eigenvalue weighted by Crippen LogP contribution is 2.49. The average molecular weight is 344 g/mol. The van der Waals surface area contributed by atoms with E-state index in [2.05, 4.69) is 12.1 Å². The molecular weight excluding hydrogens is 324 g/mol. The average Bonchev–Trinajstić information content (AvgIpc) is 2.66. The summed E-state index contributed by atoms with van der Waals surface area (Å²) in [5.41, 5.74) is 15.6. The third-order valence-electron chi connectivity index (χ3n) is 4.72. The van der Waals surface area contributed by atoms with Crippen molar-refractivity contribution in [2.75, 3.05) is 25.7 Å². The Morgan fingerprint density at radius 1 is 0.615 bits per heavy atom. The molecule has 130 valence electrons. The number of nitrogens with two attached hydrogens (primary N) is 2. The Hall–Kier alpha value is -3.40. The number of benzene rings is 4. The summed E-state index contributed by atoms with van der Waals surface area (Å²) in [5.74, 6) is 1.25. The normalized spacial score (nSPS) is 11.0. The molecule has 0 unspecified atom stereocenters. The topological polar surface area (TPSA) is 70.5 Å². The molecule has 0 aromatic heterocycles. The summed E-state index contributed by atoms with van der Waals surface area (Å²) in [6.45, 7) is 0. The zero-order valence-corrected chi connectivity index (χ0v) is 14.7. The van der Waals surface area contributed by atoms with Gasteiger partial charge in [0, 0.05) is 11.1 Å². The molecule has 26 heavy (non-hydrogen) atoms. The lowest BCUT2D eigenvalue weighted by atomic mass is 9.91. The van der Waals surface area contributed by atoms with Gasteiger partial charge in [-0.3, -0.25) is 0 Å². The SMILES string of the molecule is COc1c(N)cc2ccccc2c1-c1c(OC)c(N)cc2ccccc12. The van der Waals surface area contributed by atoms with Crippen LogP contribution in [0.15, 0.2) is 60.7 Å². The van der Waals surface area contributed by atoms with Crippen molar-refractivity contribution in [3.05, 3.63) is 60.7 Å². The molecule has 0 bridgehead atoms. The van der Waals surface area contributed by atoms with Crippen molar-refractivity contribution in [3.8, 4) is 22.6 Å². The van der Waals surface area contributed by atoms with Gasteiger partial charge in [0.2, 0.25) is 0 Å². The molecule has 4 aromatic carbocycles. The Morgan fingerprint density at radius 3 is 1.38 bits per heavy atom. The Labute approximate surface area is 151 Å². The van der Waals surface area contributed by atoms with Crippen LogP contribution in [0.3, 0.4) is 0 Å². The van der Waals surface area contributed by atoms with Crippen molar-refractivity contribution < 1.29 is 9.47 Å². The van der Waals surface area contributed by atoms with E-state index in [9.17, 15) is 0 Å². The lowest BCUT2D eigenvalue weighted by Gasteiger charge is -2.20. The van der Waals surface area contributed by atoms with Crippen molar-refractivity contribution in [1.29, 1.82) is 0 Å². The third kappa shape index (κ3) is 2.30. The molecule has 0 amide bonds. The first-order valence-electron chi connectivity index (χ1n) is 8.36. The van der Waals surface area contributed by atoms with Gasteiger partial charge in [0.1, 0.15) is 11.5 Å². The fraction of sp³-hybridized carbons (Fsp3) is 0.0909. The Morgan fingerprint density at radius 2 is 1.00 bits per heavy atom. The number of fused-ring (bicyclic) bond motifs is 2. The highest BCUT2D eigenvalue weighted by molar-refractivity contribution is 6.13. The summed E-state index contributed by atoms with van der Waals surface area (Å²) in [4.78, 5) is 0. The minimum atomic E-state index is 0.578. The van der Waals surface area contributed by atoms with E-state index in [1.54, 1.807) is 14.2 Å². The van der Waals surface area contributed by atoms with Crippen LogP contribution in [0.1, 0.15) is 0 Å². The largest absolute Gasteiger partial charge is 0.494 e. The molecule has 4 nitrogen and oxygen atoms in total. The second kappa shape index (κ2) is 6.15. The molecule has 0 spiro atoms. The van der Waals surface area contributed by atoms with Gasteiger partial charge in [0.15, 0.2) is 0 Å². The molecular formula is C22H20N2O2. The summed E-state index contributed by atoms with van der Waals surface area (Å²) in [6, 6.07) is 20.0. The molecule has 4 rings (SSSR count). The molecule has 0 atom stereocenters. The lowest BCUT2D eigenvalue weighted by Crippen LogP contribution is -2.00. The van der Waals surface area contributed by atoms with Gasteiger partial charge in [0.05, 0.1) is 25.6 Å². The van der Waals surface area contributed by atoms with E-state index in [0.29, 0.717) is 22.9 Å². The van der Waals surface area contributed by atoms with Crippen LogP contribution in [-0.4, -0.2) is 14.2 Å². The minimum Gasteiger partial charge on any atom is -0.494 e. The van der Waals surface area contributed by atoms with E-state index in [-0.39, 0.29) is 0 Å². The van der Waals surface area contributed by atoms with Gasteiger partial charge < -0.3 is 20.9 Å². The fourth-order valence-corrected chi connectivity index (χ4v) is 3.64. The minimum absolute atomic E-state index is 0.578.